The van der Waals surface area contributed by atoms with Crippen molar-refractivity contribution in [2.45, 2.75) is 6.92 Å². The third-order valence-corrected chi connectivity index (χ3v) is 2.56. The standard InChI is InChI=1S/C10H14BrN3/c1-8-9(11)4-5-10(14-8)13-7-3-2-6-12/h2-5H,6-7,12H2,1H3,(H,13,14)/b3-2+. The van der Waals surface area contributed by atoms with Crippen LogP contribution in [0.5, 0.6) is 0 Å². The van der Waals surface area contributed by atoms with Crippen LogP contribution in [0.4, 0.5) is 5.82 Å². The van der Waals surface area contributed by atoms with E-state index in [4.69, 9.17) is 5.73 Å². The molecular weight excluding hydrogens is 242 g/mol. The van der Waals surface area contributed by atoms with Gasteiger partial charge >= 0.3 is 0 Å². The number of nitrogens with zero attached hydrogens (tertiary/aromatic N) is 1. The Morgan fingerprint density at radius 1 is 1.50 bits per heavy atom. The lowest BCUT2D eigenvalue weighted by Gasteiger charge is -2.04. The summed E-state index contributed by atoms with van der Waals surface area (Å²) in [5.74, 6) is 0.882. The lowest BCUT2D eigenvalue weighted by Crippen LogP contribution is -2.02. The Labute approximate surface area is 92.5 Å². The first-order chi connectivity index (χ1) is 6.74. The van der Waals surface area contributed by atoms with Crippen LogP contribution in [0.15, 0.2) is 28.8 Å². The van der Waals surface area contributed by atoms with Gasteiger partial charge in [-0.05, 0) is 35.0 Å². The first-order valence-corrected chi connectivity index (χ1v) is 5.25. The van der Waals surface area contributed by atoms with Gasteiger partial charge in [0.15, 0.2) is 0 Å². The first-order valence-electron chi connectivity index (χ1n) is 4.46. The zero-order valence-electron chi connectivity index (χ0n) is 8.13. The molecule has 0 saturated heterocycles. The molecule has 3 nitrogen and oxygen atoms in total. The van der Waals surface area contributed by atoms with Gasteiger partial charge < -0.3 is 11.1 Å². The third kappa shape index (κ3) is 3.47. The number of hydrogen-bond donors (Lipinski definition) is 2. The molecule has 0 radical (unpaired) electrons. The molecule has 0 aliphatic carbocycles. The number of hydrogen-bond acceptors (Lipinski definition) is 3. The molecule has 0 amide bonds. The summed E-state index contributed by atoms with van der Waals surface area (Å²) in [6, 6.07) is 3.92. The Balaban J connectivity index is 2.51. The minimum atomic E-state index is 0.578. The van der Waals surface area contributed by atoms with E-state index in [9.17, 15) is 0 Å². The molecule has 14 heavy (non-hydrogen) atoms. The monoisotopic (exact) mass is 255 g/mol. The van der Waals surface area contributed by atoms with Crippen molar-refractivity contribution in [1.82, 2.24) is 4.98 Å². The largest absolute Gasteiger partial charge is 0.367 e. The summed E-state index contributed by atoms with van der Waals surface area (Å²) < 4.78 is 1.03. The van der Waals surface area contributed by atoms with Crippen LogP contribution in [0, 0.1) is 6.92 Å². The smallest absolute Gasteiger partial charge is 0.126 e. The minimum absolute atomic E-state index is 0.578. The van der Waals surface area contributed by atoms with Crippen molar-refractivity contribution >= 4 is 21.7 Å². The van der Waals surface area contributed by atoms with E-state index >= 15 is 0 Å². The highest BCUT2D eigenvalue weighted by atomic mass is 79.9. The Hall–Kier alpha value is -0.870. The van der Waals surface area contributed by atoms with E-state index in [2.05, 4.69) is 26.2 Å². The summed E-state index contributed by atoms with van der Waals surface area (Å²) in [5.41, 5.74) is 6.30. The molecule has 0 unspecified atom stereocenters. The van der Waals surface area contributed by atoms with Crippen LogP contribution in [0.25, 0.3) is 0 Å². The molecule has 0 bridgehead atoms. The summed E-state index contributed by atoms with van der Waals surface area (Å²) in [6.07, 6.45) is 3.90. The number of aryl methyl sites for hydroxylation is 1. The Kier molecular flexibility index (Phi) is 4.62. The first kappa shape index (κ1) is 11.2. The van der Waals surface area contributed by atoms with Crippen molar-refractivity contribution in [3.05, 3.63) is 34.5 Å². The van der Waals surface area contributed by atoms with Gasteiger partial charge in [-0.3, -0.25) is 0 Å². The van der Waals surface area contributed by atoms with Gasteiger partial charge in [0.25, 0.3) is 0 Å². The van der Waals surface area contributed by atoms with Crippen molar-refractivity contribution in [2.24, 2.45) is 5.73 Å². The predicted molar refractivity (Wildman–Crippen MR) is 63.4 cm³/mol. The molecule has 4 heteroatoms. The molecule has 0 spiro atoms. The number of anilines is 1. The Morgan fingerprint density at radius 3 is 2.93 bits per heavy atom. The summed E-state index contributed by atoms with van der Waals surface area (Å²) >= 11 is 3.40. The lowest BCUT2D eigenvalue weighted by atomic mass is 10.3. The second-order valence-electron chi connectivity index (χ2n) is 2.85. The molecule has 1 aromatic rings. The van der Waals surface area contributed by atoms with Crippen LogP contribution in [0.1, 0.15) is 5.69 Å². The van der Waals surface area contributed by atoms with Crippen LogP contribution in [-0.2, 0) is 0 Å². The maximum absolute atomic E-state index is 5.32. The minimum Gasteiger partial charge on any atom is -0.367 e. The Bertz CT molecular complexity index is 323. The number of halogens is 1. The van der Waals surface area contributed by atoms with Gasteiger partial charge in [-0.25, -0.2) is 4.98 Å². The Morgan fingerprint density at radius 2 is 2.29 bits per heavy atom. The molecule has 0 saturated carbocycles. The van der Waals surface area contributed by atoms with E-state index in [0.717, 1.165) is 22.5 Å². The quantitative estimate of drug-likeness (QED) is 0.811. The molecule has 3 N–H and O–H groups in total. The fraction of sp³-hybridized carbons (Fsp3) is 0.300. The second-order valence-corrected chi connectivity index (χ2v) is 3.71. The van der Waals surface area contributed by atoms with Gasteiger partial charge in [-0.2, -0.15) is 0 Å². The highest BCUT2D eigenvalue weighted by Crippen LogP contribution is 2.15. The molecule has 0 aliphatic heterocycles. The predicted octanol–water partition coefficient (Wildman–Crippen LogP) is 2.08. The zero-order valence-corrected chi connectivity index (χ0v) is 9.71. The van der Waals surface area contributed by atoms with Gasteiger partial charge in [0.2, 0.25) is 0 Å². The van der Waals surface area contributed by atoms with Crippen molar-refractivity contribution in [3.63, 3.8) is 0 Å². The molecule has 1 heterocycles. The molecular formula is C10H14BrN3. The molecule has 0 aromatic carbocycles. The summed E-state index contributed by atoms with van der Waals surface area (Å²) in [7, 11) is 0. The summed E-state index contributed by atoms with van der Waals surface area (Å²) in [4.78, 5) is 4.35. The topological polar surface area (TPSA) is 50.9 Å². The van der Waals surface area contributed by atoms with Crippen LogP contribution < -0.4 is 11.1 Å². The number of pyridine rings is 1. The summed E-state index contributed by atoms with van der Waals surface area (Å²) in [6.45, 7) is 3.30. The SMILES string of the molecule is Cc1nc(NC/C=C/CN)ccc1Br. The fourth-order valence-corrected chi connectivity index (χ4v) is 1.21. The normalized spacial score (nSPS) is 10.8. The second kappa shape index (κ2) is 5.78. The van der Waals surface area contributed by atoms with E-state index in [1.54, 1.807) is 0 Å². The van der Waals surface area contributed by atoms with E-state index in [1.807, 2.05) is 31.2 Å². The fourth-order valence-electron chi connectivity index (χ4n) is 0.986. The molecule has 0 fully saturated rings. The average molecular weight is 256 g/mol. The van der Waals surface area contributed by atoms with Gasteiger partial charge in [0.1, 0.15) is 5.82 Å². The third-order valence-electron chi connectivity index (χ3n) is 1.73. The zero-order chi connectivity index (χ0) is 10.4. The van der Waals surface area contributed by atoms with Crippen LogP contribution in [0.2, 0.25) is 0 Å². The average Bonchev–Trinajstić information content (AvgIpc) is 2.18. The molecule has 1 aromatic heterocycles. The van der Waals surface area contributed by atoms with Gasteiger partial charge in [0, 0.05) is 17.6 Å². The van der Waals surface area contributed by atoms with Crippen molar-refractivity contribution < 1.29 is 0 Å². The molecule has 0 atom stereocenters. The van der Waals surface area contributed by atoms with Crippen molar-refractivity contribution in [3.8, 4) is 0 Å². The van der Waals surface area contributed by atoms with E-state index in [0.29, 0.717) is 6.54 Å². The number of nitrogens with two attached hydrogens (primary N) is 1. The molecule has 76 valence electrons. The van der Waals surface area contributed by atoms with E-state index in [-0.39, 0.29) is 0 Å². The van der Waals surface area contributed by atoms with E-state index < -0.39 is 0 Å². The number of aromatic nitrogens is 1. The van der Waals surface area contributed by atoms with Crippen LogP contribution in [0.3, 0.4) is 0 Å². The van der Waals surface area contributed by atoms with Gasteiger partial charge in [-0.15, -0.1) is 0 Å². The highest BCUT2D eigenvalue weighted by molar-refractivity contribution is 9.10. The highest BCUT2D eigenvalue weighted by Gasteiger charge is 1.96. The molecule has 1 rings (SSSR count). The maximum atomic E-state index is 5.32. The lowest BCUT2D eigenvalue weighted by molar-refractivity contribution is 1.14. The molecule has 0 aliphatic rings. The maximum Gasteiger partial charge on any atom is 0.126 e. The van der Waals surface area contributed by atoms with E-state index in [1.165, 1.54) is 0 Å². The van der Waals surface area contributed by atoms with Gasteiger partial charge in [-0.1, -0.05) is 12.2 Å². The number of rotatable bonds is 4. The van der Waals surface area contributed by atoms with Gasteiger partial charge in [0.05, 0.1) is 5.69 Å². The summed E-state index contributed by atoms with van der Waals surface area (Å²) in [5, 5.41) is 3.17. The van der Waals surface area contributed by atoms with Crippen molar-refractivity contribution in [1.29, 1.82) is 0 Å². The van der Waals surface area contributed by atoms with Crippen LogP contribution >= 0.6 is 15.9 Å². The number of nitrogens with one attached hydrogen (secondary N) is 1. The van der Waals surface area contributed by atoms with Crippen molar-refractivity contribution in [2.75, 3.05) is 18.4 Å². The van der Waals surface area contributed by atoms with Crippen LogP contribution in [-0.4, -0.2) is 18.1 Å².